The monoisotopic (exact) mass is 134 g/mol. The Labute approximate surface area is 35.5 Å². The molecule has 0 spiro atoms. The zero-order chi connectivity index (χ0) is 5.15. The summed E-state index contributed by atoms with van der Waals surface area (Å²) >= 11 is 0. The van der Waals surface area contributed by atoms with Crippen molar-refractivity contribution in [3.63, 3.8) is 0 Å². The first-order valence-corrected chi connectivity index (χ1v) is 5.62. The summed E-state index contributed by atoms with van der Waals surface area (Å²) in [6.07, 6.45) is 0. The van der Waals surface area contributed by atoms with Crippen LogP contribution in [-0.2, 0) is 0 Å². The molecule has 0 nitrogen and oxygen atoms in total. The number of halogens is 4. The Morgan fingerprint density at radius 3 is 0.833 bits per heavy atom. The average Bonchev–Trinajstić information content (AvgIpc) is 1.36. The summed E-state index contributed by atoms with van der Waals surface area (Å²) in [5, 5.41) is 0. The minimum atomic E-state index is -4.44. The van der Waals surface area contributed by atoms with Crippen LogP contribution in [0.2, 0.25) is 0 Å². The van der Waals surface area contributed by atoms with Gasteiger partial charge in [-0.1, -0.05) is 0 Å². The number of hydrogen-bond donors (Lipinski definition) is 0. The van der Waals surface area contributed by atoms with E-state index in [-0.39, 0.29) is 0 Å². The van der Waals surface area contributed by atoms with Crippen LogP contribution in [0.15, 0.2) is 0 Å². The molecule has 0 atom stereocenters. The lowest BCUT2D eigenvalue weighted by molar-refractivity contribution is 0.624. The van der Waals surface area contributed by atoms with Gasteiger partial charge in [-0.3, -0.25) is 16.4 Å². The van der Waals surface area contributed by atoms with Gasteiger partial charge in [0.15, 0.2) is 0 Å². The topological polar surface area (TPSA) is 0 Å². The van der Waals surface area contributed by atoms with Crippen molar-refractivity contribution in [3.8, 4) is 0 Å². The minimum absolute atomic E-state index is 4.44. The summed E-state index contributed by atoms with van der Waals surface area (Å²) in [6, 6.07) is 0. The Hall–Kier alpha value is 0.154. The first kappa shape index (κ1) is 6.15. The molecule has 0 heterocycles. The average molecular weight is 134 g/mol. The molecule has 0 aliphatic rings. The van der Waals surface area contributed by atoms with Crippen molar-refractivity contribution in [2.75, 3.05) is 0 Å². The summed E-state index contributed by atoms with van der Waals surface area (Å²) in [6.45, 7) is 0. The van der Waals surface area contributed by atoms with Gasteiger partial charge >= 0.3 is 18.0 Å². The molecule has 0 fully saturated rings. The highest BCUT2D eigenvalue weighted by Crippen LogP contribution is 1.94. The van der Waals surface area contributed by atoms with E-state index in [1.54, 1.807) is 0 Å². The Kier molecular flexibility index (Phi) is 2.41. The van der Waals surface area contributed by atoms with E-state index in [4.69, 9.17) is 0 Å². The third-order valence-corrected chi connectivity index (χ3v) is 1.71. The van der Waals surface area contributed by atoms with Gasteiger partial charge in [-0.15, -0.1) is 0 Å². The van der Waals surface area contributed by atoms with Crippen molar-refractivity contribution in [1.29, 1.82) is 0 Å². The predicted octanol–water partition coefficient (Wildman–Crippen LogP) is 0.384. The van der Waals surface area contributed by atoms with Gasteiger partial charge in [-0.2, -0.15) is 0 Å². The summed E-state index contributed by atoms with van der Waals surface area (Å²) in [5.41, 5.74) is 0. The highest BCUT2D eigenvalue weighted by Gasteiger charge is 2.25. The molecular formula is H2F4Si2. The van der Waals surface area contributed by atoms with E-state index in [9.17, 15) is 16.4 Å². The lowest BCUT2D eigenvalue weighted by Crippen LogP contribution is -2.16. The Balaban J connectivity index is 2.99. The zero-order valence-corrected chi connectivity index (χ0v) is 4.98. The SMILES string of the molecule is F[SiH](F)[SiH](F)F. The number of rotatable bonds is 1. The molecule has 0 aromatic heterocycles. The summed E-state index contributed by atoms with van der Waals surface area (Å²) < 4.78 is 42.4. The van der Waals surface area contributed by atoms with E-state index >= 15 is 0 Å². The fraction of sp³-hybridized carbons (Fsp3) is 0. The Bertz CT molecular complexity index is 26.5. The van der Waals surface area contributed by atoms with E-state index in [1.807, 2.05) is 0 Å². The van der Waals surface area contributed by atoms with Crippen molar-refractivity contribution in [2.24, 2.45) is 0 Å². The molecule has 0 saturated carbocycles. The normalized spacial score (nSPS) is 11.0. The zero-order valence-electron chi connectivity index (χ0n) is 2.67. The smallest absolute Gasteiger partial charge is 0.273 e. The van der Waals surface area contributed by atoms with Gasteiger partial charge in [-0.25, -0.2) is 0 Å². The summed E-state index contributed by atoms with van der Waals surface area (Å²) in [4.78, 5) is 0. The van der Waals surface area contributed by atoms with Gasteiger partial charge in [0.25, 0.3) is 0 Å². The highest BCUT2D eigenvalue weighted by atomic mass is 29.3. The summed E-state index contributed by atoms with van der Waals surface area (Å²) in [5.74, 6) is 0. The molecule has 0 N–H and O–H groups in total. The standard InChI is InChI=1S/F4H2Si2/c1-5(2)6(3)4/h5-6H. The van der Waals surface area contributed by atoms with Crippen LogP contribution >= 0.6 is 0 Å². The van der Waals surface area contributed by atoms with Gasteiger partial charge < -0.3 is 0 Å². The molecule has 0 unspecified atom stereocenters. The maximum absolute atomic E-state index is 10.6. The quantitative estimate of drug-likeness (QED) is 0.276. The predicted molar refractivity (Wildman–Crippen MR) is 18.7 cm³/mol. The van der Waals surface area contributed by atoms with Crippen LogP contribution in [0.5, 0.6) is 0 Å². The second-order valence-corrected chi connectivity index (χ2v) is 5.03. The van der Waals surface area contributed by atoms with Gasteiger partial charge in [0.1, 0.15) is 0 Å². The molecule has 0 saturated heterocycles. The van der Waals surface area contributed by atoms with Crippen molar-refractivity contribution in [3.05, 3.63) is 0 Å². The lowest BCUT2D eigenvalue weighted by Gasteiger charge is -1.83. The van der Waals surface area contributed by atoms with E-state index in [0.717, 1.165) is 0 Å². The van der Waals surface area contributed by atoms with Gasteiger partial charge in [-0.05, 0) is 0 Å². The van der Waals surface area contributed by atoms with Crippen LogP contribution in [0.1, 0.15) is 0 Å². The van der Waals surface area contributed by atoms with Crippen LogP contribution in [-0.4, -0.2) is 18.0 Å². The second-order valence-electron chi connectivity index (χ2n) is 0.669. The molecule has 0 aromatic rings. The molecule has 0 aliphatic heterocycles. The molecule has 38 valence electrons. The minimum Gasteiger partial charge on any atom is -0.273 e. The van der Waals surface area contributed by atoms with Crippen LogP contribution in [0.3, 0.4) is 0 Å². The largest absolute Gasteiger partial charge is 0.460 e. The number of hydrogen-bond acceptors (Lipinski definition) is 0. The van der Waals surface area contributed by atoms with Crippen molar-refractivity contribution >= 4 is 18.0 Å². The molecular weight excluding hydrogens is 132 g/mol. The van der Waals surface area contributed by atoms with E-state index in [0.29, 0.717) is 0 Å². The Morgan fingerprint density at radius 2 is 0.833 bits per heavy atom. The van der Waals surface area contributed by atoms with Gasteiger partial charge in [0.2, 0.25) is 0 Å². The van der Waals surface area contributed by atoms with Gasteiger partial charge in [0.05, 0.1) is 0 Å². The molecule has 0 amide bonds. The molecule has 0 radical (unpaired) electrons. The Morgan fingerprint density at radius 1 is 0.667 bits per heavy atom. The maximum Gasteiger partial charge on any atom is 0.460 e. The third kappa shape index (κ3) is 2.39. The summed E-state index contributed by atoms with van der Waals surface area (Å²) in [7, 11) is -8.88. The molecule has 6 heteroatoms. The van der Waals surface area contributed by atoms with E-state index in [1.165, 1.54) is 0 Å². The fourth-order valence-corrected chi connectivity index (χ4v) is 0. The van der Waals surface area contributed by atoms with Crippen LogP contribution < -0.4 is 0 Å². The van der Waals surface area contributed by atoms with Gasteiger partial charge in [0, 0.05) is 0 Å². The van der Waals surface area contributed by atoms with Crippen molar-refractivity contribution < 1.29 is 16.4 Å². The van der Waals surface area contributed by atoms with Crippen molar-refractivity contribution in [2.45, 2.75) is 0 Å². The maximum atomic E-state index is 10.6. The van der Waals surface area contributed by atoms with E-state index < -0.39 is 18.0 Å². The van der Waals surface area contributed by atoms with Crippen LogP contribution in [0, 0.1) is 0 Å². The van der Waals surface area contributed by atoms with E-state index in [2.05, 4.69) is 0 Å². The van der Waals surface area contributed by atoms with Crippen LogP contribution in [0.4, 0.5) is 16.4 Å². The first-order chi connectivity index (χ1) is 2.64. The third-order valence-electron chi connectivity index (χ3n) is 0.190. The van der Waals surface area contributed by atoms with Crippen molar-refractivity contribution in [1.82, 2.24) is 0 Å². The van der Waals surface area contributed by atoms with Crippen LogP contribution in [0.25, 0.3) is 0 Å². The molecule has 6 heavy (non-hydrogen) atoms. The lowest BCUT2D eigenvalue weighted by atomic mass is 18.8. The first-order valence-electron chi connectivity index (χ1n) is 1.21. The fourth-order valence-electron chi connectivity index (χ4n) is 0. The molecule has 0 aliphatic carbocycles. The molecule has 0 aromatic carbocycles. The molecule has 0 bridgehead atoms. The second kappa shape index (κ2) is 2.35. The highest BCUT2D eigenvalue weighted by molar-refractivity contribution is 7.09. The molecule has 0 rings (SSSR count).